The van der Waals surface area contributed by atoms with Crippen LogP contribution in [0.3, 0.4) is 0 Å². The maximum absolute atomic E-state index is 10.2. The molecule has 1 N–H and O–H groups in total. The molecule has 0 radical (unpaired) electrons. The van der Waals surface area contributed by atoms with Crippen LogP contribution in [0.2, 0.25) is 0 Å². The first kappa shape index (κ1) is 12.9. The van der Waals surface area contributed by atoms with Crippen molar-refractivity contribution in [2.45, 2.75) is 46.0 Å². The number of hydrogen-bond donors (Lipinski definition) is 1. The molecule has 0 aliphatic carbocycles. The molecule has 0 unspecified atom stereocenters. The van der Waals surface area contributed by atoms with Gasteiger partial charge in [0.05, 0.1) is 0 Å². The molecule has 0 rings (SSSR count). The molecular formula is C12H20O2. The molecular weight excluding hydrogens is 176 g/mol. The Labute approximate surface area is 86.3 Å². The van der Waals surface area contributed by atoms with E-state index in [1.54, 1.807) is 0 Å². The van der Waals surface area contributed by atoms with Gasteiger partial charge in [-0.15, -0.1) is 0 Å². The van der Waals surface area contributed by atoms with Gasteiger partial charge in [-0.25, -0.2) is 0 Å². The number of carboxylic acids is 1. The van der Waals surface area contributed by atoms with E-state index in [4.69, 9.17) is 5.11 Å². The van der Waals surface area contributed by atoms with Gasteiger partial charge in [-0.05, 0) is 39.5 Å². The summed E-state index contributed by atoms with van der Waals surface area (Å²) in [5.41, 5.74) is 2.50. The van der Waals surface area contributed by atoms with E-state index >= 15 is 0 Å². The summed E-state index contributed by atoms with van der Waals surface area (Å²) in [7, 11) is 0. The largest absolute Gasteiger partial charge is 0.481 e. The molecule has 0 aromatic heterocycles. The Morgan fingerprint density at radius 1 is 1.36 bits per heavy atom. The minimum absolute atomic E-state index is 0.285. The second kappa shape index (κ2) is 7.36. The molecule has 0 heterocycles. The van der Waals surface area contributed by atoms with Crippen LogP contribution in [0.1, 0.15) is 46.0 Å². The van der Waals surface area contributed by atoms with E-state index in [1.807, 2.05) is 6.92 Å². The quantitative estimate of drug-likeness (QED) is 0.499. The molecule has 0 aliphatic rings. The van der Waals surface area contributed by atoms with Crippen LogP contribution < -0.4 is 0 Å². The predicted molar refractivity (Wildman–Crippen MR) is 59.3 cm³/mol. The lowest BCUT2D eigenvalue weighted by molar-refractivity contribution is -0.137. The van der Waals surface area contributed by atoms with Crippen LogP contribution in [-0.4, -0.2) is 11.1 Å². The van der Waals surface area contributed by atoms with Crippen molar-refractivity contribution >= 4 is 5.97 Å². The summed E-state index contributed by atoms with van der Waals surface area (Å²) in [5, 5.41) is 8.41. The fraction of sp³-hybridized carbons (Fsp3) is 0.583. The molecule has 2 heteroatoms. The van der Waals surface area contributed by atoms with Gasteiger partial charge in [0.25, 0.3) is 0 Å². The van der Waals surface area contributed by atoms with E-state index in [-0.39, 0.29) is 6.42 Å². The lowest BCUT2D eigenvalue weighted by Crippen LogP contribution is -1.93. The molecule has 2 nitrogen and oxygen atoms in total. The van der Waals surface area contributed by atoms with E-state index in [0.29, 0.717) is 0 Å². The summed E-state index contributed by atoms with van der Waals surface area (Å²) in [4.78, 5) is 10.2. The highest BCUT2D eigenvalue weighted by atomic mass is 16.4. The van der Waals surface area contributed by atoms with Gasteiger partial charge < -0.3 is 5.11 Å². The molecule has 0 aromatic carbocycles. The van der Waals surface area contributed by atoms with Crippen molar-refractivity contribution in [1.82, 2.24) is 0 Å². The first-order valence-electron chi connectivity index (χ1n) is 5.04. The van der Waals surface area contributed by atoms with Crippen molar-refractivity contribution in [3.05, 3.63) is 23.8 Å². The van der Waals surface area contributed by atoms with Crippen molar-refractivity contribution in [3.63, 3.8) is 0 Å². The Morgan fingerprint density at radius 2 is 2.00 bits per heavy atom. The molecule has 80 valence electrons. The second-order valence-electron chi connectivity index (χ2n) is 3.82. The molecule has 0 saturated carbocycles. The minimum atomic E-state index is -0.701. The number of allylic oxidation sites excluding steroid dienone is 3. The zero-order chi connectivity index (χ0) is 11.0. The van der Waals surface area contributed by atoms with E-state index in [9.17, 15) is 4.79 Å². The van der Waals surface area contributed by atoms with Gasteiger partial charge in [0, 0.05) is 6.42 Å². The fourth-order valence-corrected chi connectivity index (χ4v) is 1.32. The molecule has 0 aromatic rings. The van der Waals surface area contributed by atoms with Crippen molar-refractivity contribution in [1.29, 1.82) is 0 Å². The summed E-state index contributed by atoms with van der Waals surface area (Å²) >= 11 is 0. The topological polar surface area (TPSA) is 37.3 Å². The lowest BCUT2D eigenvalue weighted by Gasteiger charge is -2.00. The first-order chi connectivity index (χ1) is 6.52. The molecule has 0 aliphatic heterocycles. The number of carbonyl (C=O) groups is 1. The fourth-order valence-electron chi connectivity index (χ4n) is 1.32. The van der Waals surface area contributed by atoms with E-state index in [0.717, 1.165) is 25.7 Å². The molecule has 14 heavy (non-hydrogen) atoms. The average Bonchev–Trinajstić information content (AvgIpc) is 2.01. The summed E-state index contributed by atoms with van der Waals surface area (Å²) in [6.45, 7) is 7.95. The maximum Gasteiger partial charge on any atom is 0.303 e. The Hall–Kier alpha value is -1.05. The van der Waals surface area contributed by atoms with Crippen LogP contribution >= 0.6 is 0 Å². The van der Waals surface area contributed by atoms with Gasteiger partial charge in [-0.1, -0.05) is 23.8 Å². The normalized spacial score (nSPS) is 11.4. The van der Waals surface area contributed by atoms with Crippen LogP contribution in [0.15, 0.2) is 23.8 Å². The Balaban J connectivity index is 3.50. The summed E-state index contributed by atoms with van der Waals surface area (Å²) in [5.74, 6) is -0.701. The van der Waals surface area contributed by atoms with E-state index < -0.39 is 5.97 Å². The maximum atomic E-state index is 10.2. The van der Waals surface area contributed by atoms with Crippen molar-refractivity contribution < 1.29 is 9.90 Å². The third-order valence-electron chi connectivity index (χ3n) is 1.92. The number of hydrogen-bond acceptors (Lipinski definition) is 1. The zero-order valence-electron chi connectivity index (χ0n) is 9.18. The molecule has 0 amide bonds. The number of rotatable bonds is 7. The highest BCUT2D eigenvalue weighted by molar-refractivity contribution is 5.66. The highest BCUT2D eigenvalue weighted by Crippen LogP contribution is 2.10. The van der Waals surface area contributed by atoms with Crippen LogP contribution in [0.25, 0.3) is 0 Å². The van der Waals surface area contributed by atoms with Crippen LogP contribution in [0.5, 0.6) is 0 Å². The SMILES string of the molecule is C=C(C)CC(C)=CCCCCC(=O)O. The molecule has 0 spiro atoms. The van der Waals surface area contributed by atoms with Gasteiger partial charge in [-0.2, -0.15) is 0 Å². The average molecular weight is 196 g/mol. The van der Waals surface area contributed by atoms with Crippen LogP contribution in [0.4, 0.5) is 0 Å². The van der Waals surface area contributed by atoms with Gasteiger partial charge in [0.2, 0.25) is 0 Å². The van der Waals surface area contributed by atoms with Crippen molar-refractivity contribution in [2.24, 2.45) is 0 Å². The van der Waals surface area contributed by atoms with Gasteiger partial charge in [0.1, 0.15) is 0 Å². The van der Waals surface area contributed by atoms with Crippen molar-refractivity contribution in [3.8, 4) is 0 Å². The molecule has 0 atom stereocenters. The smallest absolute Gasteiger partial charge is 0.303 e. The molecule has 0 saturated heterocycles. The third-order valence-corrected chi connectivity index (χ3v) is 1.92. The minimum Gasteiger partial charge on any atom is -0.481 e. The Kier molecular flexibility index (Phi) is 6.81. The van der Waals surface area contributed by atoms with Crippen molar-refractivity contribution in [2.75, 3.05) is 0 Å². The Bertz CT molecular complexity index is 226. The highest BCUT2D eigenvalue weighted by Gasteiger charge is 1.95. The third kappa shape index (κ3) is 9.04. The second-order valence-corrected chi connectivity index (χ2v) is 3.82. The molecule has 0 bridgehead atoms. The van der Waals surface area contributed by atoms with Gasteiger partial charge in [0.15, 0.2) is 0 Å². The number of unbranched alkanes of at least 4 members (excludes halogenated alkanes) is 2. The number of carboxylic acid groups (broad SMARTS) is 1. The van der Waals surface area contributed by atoms with Gasteiger partial charge in [-0.3, -0.25) is 4.79 Å². The first-order valence-corrected chi connectivity index (χ1v) is 5.04. The predicted octanol–water partition coefficient (Wildman–Crippen LogP) is 3.54. The standard InChI is InChI=1S/C12H20O2/c1-10(2)9-11(3)7-5-4-6-8-12(13)14/h7H,1,4-6,8-9H2,2-3H3,(H,13,14). The summed E-state index contributed by atoms with van der Waals surface area (Å²) in [6.07, 6.45) is 6.13. The zero-order valence-corrected chi connectivity index (χ0v) is 9.18. The monoisotopic (exact) mass is 196 g/mol. The summed E-state index contributed by atoms with van der Waals surface area (Å²) in [6, 6.07) is 0. The molecule has 0 fully saturated rings. The lowest BCUT2D eigenvalue weighted by atomic mass is 10.1. The van der Waals surface area contributed by atoms with Crippen LogP contribution in [0, 0.1) is 0 Å². The van der Waals surface area contributed by atoms with Gasteiger partial charge >= 0.3 is 5.97 Å². The van der Waals surface area contributed by atoms with E-state index in [1.165, 1.54) is 11.1 Å². The Morgan fingerprint density at radius 3 is 2.50 bits per heavy atom. The van der Waals surface area contributed by atoms with E-state index in [2.05, 4.69) is 19.6 Å². The summed E-state index contributed by atoms with van der Waals surface area (Å²) < 4.78 is 0. The van der Waals surface area contributed by atoms with Crippen LogP contribution in [-0.2, 0) is 4.79 Å². The number of aliphatic carboxylic acids is 1.